The number of benzene rings is 1. The zero-order chi connectivity index (χ0) is 48.3. The molecule has 2 heterocycles. The van der Waals surface area contributed by atoms with Gasteiger partial charge in [-0.1, -0.05) is 23.5 Å². The van der Waals surface area contributed by atoms with Crippen molar-refractivity contribution in [3.8, 4) is 5.75 Å². The molecule has 63 heavy (non-hydrogen) atoms. The standard InChI is InChI=1S/C10H7NO7S.C9H13N5O12S.C7H10N2O6S2/c1-4(12)18-7-3-8(19)6(9(13)11(16)17)2-5(7)10(14)15;15-4-11(25-5-12(18)19)8(16)7-3-27-9(17)10(7)1-6(26-14(22)23)2-24-13(20)21;10-6(11)5-3-17-7(12)8(5)1-4(16)2-15-9(13)14/h2-3,19H,1H3,(H,14,15);6-7,15H,1-5H2;4-5,16H,1-3H2,(H,10,11). The number of amides is 4. The minimum Gasteiger partial charge on any atom is -0.480 e. The van der Waals surface area contributed by atoms with Crippen LogP contribution in [0, 0.1) is 50.6 Å². The molecule has 0 radical (unpaired) electrons. The van der Waals surface area contributed by atoms with Crippen LogP contribution in [0.3, 0.4) is 0 Å². The van der Waals surface area contributed by atoms with Crippen LogP contribution < -0.4 is 4.74 Å². The molecule has 33 nitrogen and oxygen atoms in total. The van der Waals surface area contributed by atoms with Crippen LogP contribution in [0.1, 0.15) is 27.6 Å². The number of thiol groups is 2. The van der Waals surface area contributed by atoms with E-state index in [0.717, 1.165) is 40.6 Å². The molecule has 3 rings (SSSR count). The minimum absolute atomic E-state index is 0.000247. The fourth-order valence-corrected chi connectivity index (χ4v) is 6.95. The highest BCUT2D eigenvalue weighted by Gasteiger charge is 2.42. The number of hydrogen-bond acceptors (Lipinski definition) is 27. The highest BCUT2D eigenvalue weighted by Crippen LogP contribution is 2.28. The molecular formula is C26H30N8O25S4. The van der Waals surface area contributed by atoms with Crippen molar-refractivity contribution in [2.75, 3.05) is 51.3 Å². The van der Waals surface area contributed by atoms with E-state index in [0.29, 0.717) is 11.8 Å². The molecule has 0 spiro atoms. The van der Waals surface area contributed by atoms with Crippen LogP contribution in [0.15, 0.2) is 17.0 Å². The summed E-state index contributed by atoms with van der Waals surface area (Å²) in [4.78, 5) is 147. The van der Waals surface area contributed by atoms with E-state index in [-0.39, 0.29) is 45.6 Å². The van der Waals surface area contributed by atoms with E-state index in [1.807, 2.05) is 0 Å². The third-order valence-corrected chi connectivity index (χ3v) is 9.58. The average molecular weight is 983 g/mol. The van der Waals surface area contributed by atoms with Crippen molar-refractivity contribution in [2.45, 2.75) is 35.3 Å². The Bertz CT molecular complexity index is 1960. The topological polar surface area (TPSA) is 452 Å². The molecule has 0 bridgehead atoms. The van der Waals surface area contributed by atoms with E-state index in [1.165, 1.54) is 0 Å². The first kappa shape index (κ1) is 54.4. The summed E-state index contributed by atoms with van der Waals surface area (Å²) in [5.74, 6) is -6.23. The van der Waals surface area contributed by atoms with E-state index >= 15 is 0 Å². The van der Waals surface area contributed by atoms with Gasteiger partial charge in [0.05, 0.1) is 11.5 Å². The predicted octanol–water partition coefficient (Wildman–Crippen LogP) is -0.616. The van der Waals surface area contributed by atoms with Crippen molar-refractivity contribution in [1.82, 2.24) is 14.9 Å². The lowest BCUT2D eigenvalue weighted by Crippen LogP contribution is -2.51. The van der Waals surface area contributed by atoms with Crippen molar-refractivity contribution in [1.29, 1.82) is 0 Å². The van der Waals surface area contributed by atoms with Crippen molar-refractivity contribution < 1.29 is 98.1 Å². The second kappa shape index (κ2) is 26.0. The van der Waals surface area contributed by atoms with Gasteiger partial charge in [-0.3, -0.25) is 39.4 Å². The highest BCUT2D eigenvalue weighted by atomic mass is 32.2. The van der Waals surface area contributed by atoms with Crippen LogP contribution in [-0.2, 0) is 33.7 Å². The number of aliphatic hydroxyl groups excluding tert-OH is 1. The lowest BCUT2D eigenvalue weighted by Gasteiger charge is -2.28. The van der Waals surface area contributed by atoms with Crippen LogP contribution >= 0.6 is 48.8 Å². The summed E-state index contributed by atoms with van der Waals surface area (Å²) in [6.07, 6.45) is -1.59. The summed E-state index contributed by atoms with van der Waals surface area (Å²) in [5, 5.41) is 73.4. The van der Waals surface area contributed by atoms with Crippen LogP contribution in [0.2, 0.25) is 0 Å². The Morgan fingerprint density at radius 3 is 1.86 bits per heavy atom. The number of rotatable bonds is 21. The van der Waals surface area contributed by atoms with Gasteiger partial charge in [-0.05, 0) is 12.1 Å². The largest absolute Gasteiger partial charge is 0.480 e. The molecule has 0 saturated carbocycles. The summed E-state index contributed by atoms with van der Waals surface area (Å²) in [6, 6.07) is -0.508. The fourth-order valence-electron chi connectivity index (χ4n) is 4.44. The number of nitro groups is 2. The number of esters is 1. The van der Waals surface area contributed by atoms with Crippen LogP contribution in [0.4, 0.5) is 9.59 Å². The average Bonchev–Trinajstić information content (AvgIpc) is 3.73. The van der Waals surface area contributed by atoms with Gasteiger partial charge in [-0.2, -0.15) is 22.5 Å². The second-order valence-electron chi connectivity index (χ2n) is 11.2. The Hall–Kier alpha value is -6.57. The number of thioether (sulfide) groups is 2. The summed E-state index contributed by atoms with van der Waals surface area (Å²) in [6.45, 7) is -2.97. The number of hydrogen-bond donors (Lipinski definition) is 5. The van der Waals surface area contributed by atoms with Crippen LogP contribution in [0.5, 0.6) is 5.75 Å². The number of carbonyl (C=O) groups excluding carboxylic acids is 5. The van der Waals surface area contributed by atoms with Gasteiger partial charge < -0.3 is 44.4 Å². The van der Waals surface area contributed by atoms with E-state index < -0.39 is 121 Å². The number of aliphatic hydroxyl groups is 1. The zero-order valence-electron chi connectivity index (χ0n) is 31.2. The third kappa shape index (κ3) is 18.5. The number of aliphatic carboxylic acids is 1. The fraction of sp³-hybridized carbons (Fsp3) is 0.500. The highest BCUT2D eigenvalue weighted by molar-refractivity contribution is 8.14. The summed E-state index contributed by atoms with van der Waals surface area (Å²) >= 11 is 9.39. The molecule has 0 aromatic heterocycles. The monoisotopic (exact) mass is 982 g/mol. The number of hydroxylamine groups is 2. The van der Waals surface area contributed by atoms with Crippen molar-refractivity contribution in [2.24, 2.45) is 0 Å². The zero-order valence-corrected chi connectivity index (χ0v) is 34.7. The Morgan fingerprint density at radius 2 is 1.40 bits per heavy atom. The van der Waals surface area contributed by atoms with Gasteiger partial charge in [0, 0.05) is 35.1 Å². The maximum atomic E-state index is 12.3. The maximum absolute atomic E-state index is 12.3. The molecule has 3 N–H and O–H groups in total. The van der Waals surface area contributed by atoms with Gasteiger partial charge >= 0.3 is 30.5 Å². The predicted molar refractivity (Wildman–Crippen MR) is 205 cm³/mol. The molecule has 2 fully saturated rings. The normalized spacial score (nSPS) is 16.1. The lowest BCUT2D eigenvalue weighted by molar-refractivity contribution is -0.789. The first-order chi connectivity index (χ1) is 29.3. The number of aromatic carboxylic acids is 1. The number of ether oxygens (including phenoxy) is 1. The molecule has 2 aliphatic heterocycles. The molecule has 1 aromatic rings. The smallest absolute Gasteiger partial charge is 0.477 e. The number of carboxylic acid groups (broad SMARTS) is 2. The van der Waals surface area contributed by atoms with Gasteiger partial charge in [0.15, 0.2) is 0 Å². The van der Waals surface area contributed by atoms with Gasteiger partial charge in [0.1, 0.15) is 59.9 Å². The molecule has 1 aromatic carbocycles. The molecule has 348 valence electrons. The molecule has 0 aliphatic carbocycles. The molecule has 37 heteroatoms. The molecular weight excluding hydrogens is 953 g/mol. The lowest BCUT2D eigenvalue weighted by atomic mass is 10.1. The van der Waals surface area contributed by atoms with Gasteiger partial charge in [0.2, 0.25) is 0 Å². The maximum Gasteiger partial charge on any atom is 0.477 e. The van der Waals surface area contributed by atoms with E-state index in [1.54, 1.807) is 0 Å². The van der Waals surface area contributed by atoms with Gasteiger partial charge in [-0.15, -0.1) is 43.0 Å². The number of nitrogens with zero attached hydrogens (tertiary/aromatic N) is 8. The second-order valence-corrected chi connectivity index (χ2v) is 14.4. The Kier molecular flexibility index (Phi) is 22.5. The first-order valence-electron chi connectivity index (χ1n) is 16.1. The Balaban J connectivity index is 0.000000489. The van der Waals surface area contributed by atoms with Crippen molar-refractivity contribution in [3.63, 3.8) is 0 Å². The minimum atomic E-state index is -1.59. The molecule has 4 atom stereocenters. The summed E-state index contributed by atoms with van der Waals surface area (Å²) in [5.41, 5.74) is -1.04. The van der Waals surface area contributed by atoms with Crippen molar-refractivity contribution in [3.05, 3.63) is 73.8 Å². The number of carbonyl (C=O) groups is 7. The van der Waals surface area contributed by atoms with Gasteiger partial charge in [0.25, 0.3) is 31.6 Å². The van der Waals surface area contributed by atoms with E-state index in [2.05, 4.69) is 49.3 Å². The van der Waals surface area contributed by atoms with Gasteiger partial charge in [-0.25, -0.2) is 14.4 Å². The summed E-state index contributed by atoms with van der Waals surface area (Å²) in [7, 11) is 0. The summed E-state index contributed by atoms with van der Waals surface area (Å²) < 4.78 is 4.63. The molecule has 4 unspecified atom stereocenters. The Labute approximate surface area is 367 Å². The van der Waals surface area contributed by atoms with Crippen LogP contribution in [0.25, 0.3) is 0 Å². The molecule has 2 saturated heterocycles. The van der Waals surface area contributed by atoms with E-state index in [9.17, 15) is 84.1 Å². The molecule has 2 aliphatic rings. The van der Waals surface area contributed by atoms with Crippen molar-refractivity contribution >= 4 is 89.0 Å². The first-order valence-corrected chi connectivity index (χ1v) is 19.0. The number of carboxylic acids is 2. The van der Waals surface area contributed by atoms with Crippen LogP contribution in [-0.4, -0.2) is 170 Å². The molecule has 4 amide bonds. The quantitative estimate of drug-likeness (QED) is 0.0256. The SMILES string of the molecule is CC(=O)Oc1cc(S)c(C(=O)[N+](=O)[O-])cc1C(=O)O.O=C(C1CSC(=O)N1CC(CO[N+](=O)[O-])O[N+](=O)[O-])N(CO)OC[N+](=O)[O-].O=C(O)C1CSC(=O)N1CC(S)CO[N+](=O)[O-]. The Morgan fingerprint density at radius 1 is 0.857 bits per heavy atom. The third-order valence-electron chi connectivity index (χ3n) is 6.97. The van der Waals surface area contributed by atoms with E-state index in [4.69, 9.17) is 15.3 Å².